The van der Waals surface area contributed by atoms with Crippen molar-refractivity contribution >= 4 is 34.4 Å². The van der Waals surface area contributed by atoms with Gasteiger partial charge in [0.15, 0.2) is 11.5 Å². The van der Waals surface area contributed by atoms with Gasteiger partial charge in [0.1, 0.15) is 17.3 Å². The van der Waals surface area contributed by atoms with E-state index in [0.717, 1.165) is 12.8 Å². The highest BCUT2D eigenvalue weighted by Gasteiger charge is 2.29. The molecule has 1 saturated carbocycles. The van der Waals surface area contributed by atoms with Gasteiger partial charge in [-0.1, -0.05) is 11.6 Å². The van der Waals surface area contributed by atoms with Gasteiger partial charge in [0.25, 0.3) is 0 Å². The van der Waals surface area contributed by atoms with E-state index in [0.29, 0.717) is 33.5 Å². The summed E-state index contributed by atoms with van der Waals surface area (Å²) in [6.45, 7) is 0. The Kier molecular flexibility index (Phi) is 3.66. The zero-order valence-corrected chi connectivity index (χ0v) is 12.2. The summed E-state index contributed by atoms with van der Waals surface area (Å²) in [6, 6.07) is 2.50. The first-order valence-electron chi connectivity index (χ1n) is 6.76. The molecule has 1 fully saturated rings. The summed E-state index contributed by atoms with van der Waals surface area (Å²) >= 11 is 6.19. The van der Waals surface area contributed by atoms with Crippen molar-refractivity contribution in [2.24, 2.45) is 5.11 Å². The van der Waals surface area contributed by atoms with E-state index in [2.05, 4.69) is 10.1 Å². The van der Waals surface area contributed by atoms with E-state index >= 15 is 0 Å². The number of nitrogens with zero attached hydrogens (tertiary/aromatic N) is 2. The van der Waals surface area contributed by atoms with E-state index in [9.17, 15) is 4.79 Å². The van der Waals surface area contributed by atoms with E-state index in [1.54, 1.807) is 12.1 Å². The van der Waals surface area contributed by atoms with Crippen molar-refractivity contribution in [3.05, 3.63) is 28.6 Å². The van der Waals surface area contributed by atoms with Gasteiger partial charge >= 0.3 is 5.97 Å². The van der Waals surface area contributed by atoms with Crippen LogP contribution in [0.1, 0.15) is 42.7 Å². The van der Waals surface area contributed by atoms with E-state index in [1.165, 1.54) is 0 Å². The molecule has 1 aromatic carbocycles. The van der Waals surface area contributed by atoms with Gasteiger partial charge in [0.2, 0.25) is 0 Å². The third kappa shape index (κ3) is 2.71. The molecule has 8 heteroatoms. The van der Waals surface area contributed by atoms with Crippen molar-refractivity contribution in [3.8, 4) is 0 Å². The van der Waals surface area contributed by atoms with Crippen LogP contribution in [0.15, 0.2) is 21.7 Å². The smallest absolute Gasteiger partial charge is 0.349 e. The molecule has 0 spiro atoms. The molecule has 0 radical (unpaired) electrons. The number of hydrogen-bond acceptors (Lipinski definition) is 6. The number of hydrogen-bond donors (Lipinski definition) is 3. The van der Waals surface area contributed by atoms with Crippen LogP contribution in [-0.4, -0.2) is 21.8 Å². The fourth-order valence-corrected chi connectivity index (χ4v) is 2.51. The van der Waals surface area contributed by atoms with Gasteiger partial charge in [-0.2, -0.15) is 5.11 Å². The number of nitrogens with one attached hydrogen (secondary N) is 2. The predicted molar refractivity (Wildman–Crippen MR) is 78.9 cm³/mol. The number of aromatic nitrogens is 1. The Labute approximate surface area is 130 Å². The standard InChI is InChI=1S/C14H13ClN4O3/c15-8-3-7(10(19-17)5-9(16)14(20)21)4-11-12(8)22-13(18-11)6-1-2-6/h3-4,6,10,16-17H,1-2,5H2,(H,20,21). The van der Waals surface area contributed by atoms with Crippen molar-refractivity contribution in [2.75, 3.05) is 0 Å². The quantitative estimate of drug-likeness (QED) is 0.551. The maximum atomic E-state index is 10.8. The molecule has 0 amide bonds. The highest BCUT2D eigenvalue weighted by atomic mass is 35.5. The summed E-state index contributed by atoms with van der Waals surface area (Å²) in [4.78, 5) is 15.2. The largest absolute Gasteiger partial charge is 0.477 e. The van der Waals surface area contributed by atoms with E-state index in [1.807, 2.05) is 0 Å². The monoisotopic (exact) mass is 320 g/mol. The summed E-state index contributed by atoms with van der Waals surface area (Å²) < 4.78 is 5.65. The molecule has 1 atom stereocenters. The van der Waals surface area contributed by atoms with Crippen molar-refractivity contribution in [1.29, 1.82) is 10.9 Å². The second kappa shape index (κ2) is 5.49. The number of fused-ring (bicyclic) bond motifs is 1. The minimum absolute atomic E-state index is 0.173. The predicted octanol–water partition coefficient (Wildman–Crippen LogP) is 3.93. The minimum Gasteiger partial charge on any atom is -0.477 e. The zero-order valence-electron chi connectivity index (χ0n) is 11.5. The lowest BCUT2D eigenvalue weighted by Gasteiger charge is -2.10. The van der Waals surface area contributed by atoms with Crippen LogP contribution in [0, 0.1) is 10.9 Å². The third-order valence-corrected chi connectivity index (χ3v) is 3.89. The Morgan fingerprint density at radius 1 is 1.55 bits per heavy atom. The number of benzene rings is 1. The molecular weight excluding hydrogens is 308 g/mol. The van der Waals surface area contributed by atoms with Crippen molar-refractivity contribution in [1.82, 2.24) is 4.98 Å². The lowest BCUT2D eigenvalue weighted by atomic mass is 10.0. The molecule has 22 heavy (non-hydrogen) atoms. The molecule has 0 aliphatic heterocycles. The number of oxazole rings is 1. The third-order valence-electron chi connectivity index (χ3n) is 3.61. The number of carboxylic acid groups (broad SMARTS) is 1. The van der Waals surface area contributed by atoms with Crippen LogP contribution in [0.25, 0.3) is 11.1 Å². The molecule has 114 valence electrons. The first-order valence-corrected chi connectivity index (χ1v) is 7.14. The molecule has 3 N–H and O–H groups in total. The highest BCUT2D eigenvalue weighted by molar-refractivity contribution is 6.35. The molecule has 7 nitrogen and oxygen atoms in total. The van der Waals surface area contributed by atoms with Gasteiger partial charge in [0.05, 0.1) is 5.02 Å². The summed E-state index contributed by atoms with van der Waals surface area (Å²) in [5, 5.41) is 20.0. The molecule has 2 aromatic rings. The second-order valence-electron chi connectivity index (χ2n) is 5.31. The average Bonchev–Trinajstić information content (AvgIpc) is 3.24. The maximum Gasteiger partial charge on any atom is 0.349 e. The van der Waals surface area contributed by atoms with E-state index in [4.69, 9.17) is 32.1 Å². The molecule has 0 bridgehead atoms. The topological polar surface area (TPSA) is 123 Å². The molecule has 1 aliphatic rings. The second-order valence-corrected chi connectivity index (χ2v) is 5.72. The minimum atomic E-state index is -1.32. The first-order chi connectivity index (χ1) is 10.5. The van der Waals surface area contributed by atoms with Crippen molar-refractivity contribution in [2.45, 2.75) is 31.2 Å². The maximum absolute atomic E-state index is 10.8. The van der Waals surface area contributed by atoms with Gasteiger partial charge in [-0.15, -0.1) is 0 Å². The fourth-order valence-electron chi connectivity index (χ4n) is 2.25. The van der Waals surface area contributed by atoms with Crippen LogP contribution >= 0.6 is 11.6 Å². The van der Waals surface area contributed by atoms with Gasteiger partial charge in [-0.25, -0.2) is 15.3 Å². The van der Waals surface area contributed by atoms with E-state index < -0.39 is 17.7 Å². The van der Waals surface area contributed by atoms with Crippen molar-refractivity contribution in [3.63, 3.8) is 0 Å². The van der Waals surface area contributed by atoms with Crippen molar-refractivity contribution < 1.29 is 14.3 Å². The molecule has 3 rings (SSSR count). The summed E-state index contributed by atoms with van der Waals surface area (Å²) in [7, 11) is 0. The Bertz CT molecular complexity index is 782. The summed E-state index contributed by atoms with van der Waals surface area (Å²) in [5.74, 6) is -0.311. The first kappa shape index (κ1) is 14.6. The number of halogens is 1. The SMILES string of the molecule is N=NC(CC(=N)C(=O)O)c1cc(Cl)c2oc(C3CC3)nc2c1. The Balaban J connectivity index is 1.96. The Morgan fingerprint density at radius 3 is 2.86 bits per heavy atom. The molecular formula is C14H13ClN4O3. The Hall–Kier alpha value is -2.28. The Morgan fingerprint density at radius 2 is 2.27 bits per heavy atom. The van der Waals surface area contributed by atoms with E-state index in [-0.39, 0.29) is 6.42 Å². The van der Waals surface area contributed by atoms with Crippen LogP contribution in [0.2, 0.25) is 5.02 Å². The van der Waals surface area contributed by atoms with Gasteiger partial charge < -0.3 is 9.52 Å². The summed E-state index contributed by atoms with van der Waals surface area (Å²) in [5.41, 5.74) is 8.35. The van der Waals surface area contributed by atoms with Gasteiger partial charge in [-0.05, 0) is 30.5 Å². The van der Waals surface area contributed by atoms with Crippen LogP contribution in [0.5, 0.6) is 0 Å². The summed E-state index contributed by atoms with van der Waals surface area (Å²) in [6.07, 6.45) is 1.93. The molecule has 1 aliphatic carbocycles. The lowest BCUT2D eigenvalue weighted by Crippen LogP contribution is -2.14. The highest BCUT2D eigenvalue weighted by Crippen LogP contribution is 2.42. The molecule has 1 aromatic heterocycles. The molecule has 0 saturated heterocycles. The van der Waals surface area contributed by atoms with Gasteiger partial charge in [0, 0.05) is 12.3 Å². The van der Waals surface area contributed by atoms with Crippen LogP contribution in [0.4, 0.5) is 0 Å². The van der Waals surface area contributed by atoms with Gasteiger partial charge in [-0.3, -0.25) is 5.41 Å². The van der Waals surface area contributed by atoms with Crippen LogP contribution in [0.3, 0.4) is 0 Å². The molecule has 1 unspecified atom stereocenters. The number of carboxylic acids is 1. The van der Waals surface area contributed by atoms with Crippen LogP contribution in [-0.2, 0) is 4.79 Å². The number of carbonyl (C=O) groups is 1. The average molecular weight is 321 g/mol. The normalized spacial score (nSPS) is 15.7. The number of aliphatic carboxylic acids is 1. The lowest BCUT2D eigenvalue weighted by molar-refractivity contribution is -0.129. The zero-order chi connectivity index (χ0) is 15.9. The fraction of sp³-hybridized carbons (Fsp3) is 0.357. The van der Waals surface area contributed by atoms with Crippen LogP contribution < -0.4 is 0 Å². The number of rotatable bonds is 6. The molecule has 1 heterocycles.